The Hall–Kier alpha value is -1.04. The number of nitrogens with zero attached hydrogens (tertiary/aromatic N) is 1. The standard InChI is InChI=1S/C2HNO2/c4-2-1-3-5/h5H. The van der Waals surface area contributed by atoms with Crippen LogP contribution in [0.2, 0.25) is 0 Å². The summed E-state index contributed by atoms with van der Waals surface area (Å²) in [6.07, 6.45) is 0. The quantitative estimate of drug-likeness (QED) is 0.180. The molecule has 0 unspecified atom stereocenters. The minimum Gasteiger partial charge on any atom is -0.403 e. The zero-order valence-corrected chi connectivity index (χ0v) is 2.30. The summed E-state index contributed by atoms with van der Waals surface area (Å²) in [7, 11) is 0. The van der Waals surface area contributed by atoms with Crippen LogP contribution in [0.1, 0.15) is 0 Å². The molecule has 0 amide bonds. The lowest BCUT2D eigenvalue weighted by atomic mass is 11.2. The molecule has 0 aliphatic carbocycles. The molecule has 0 atom stereocenters. The molecule has 5 heavy (non-hydrogen) atoms. The van der Waals surface area contributed by atoms with E-state index in [-0.39, 0.29) is 0 Å². The largest absolute Gasteiger partial charge is 0.403 e. The second kappa shape index (κ2) is 2.96. The van der Waals surface area contributed by atoms with Crippen molar-refractivity contribution >= 4 is 11.8 Å². The van der Waals surface area contributed by atoms with Crippen molar-refractivity contribution in [3.05, 3.63) is 0 Å². The van der Waals surface area contributed by atoms with E-state index in [1.165, 1.54) is 5.87 Å². The summed E-state index contributed by atoms with van der Waals surface area (Å²) in [5.41, 5.74) is 0. The molecule has 0 aliphatic heterocycles. The molecule has 0 saturated heterocycles. The maximum absolute atomic E-state index is 8.91. The monoisotopic (exact) mass is 71.0 g/mol. The predicted octanol–water partition coefficient (Wildman–Crippen LogP) is -0.567. The van der Waals surface area contributed by atoms with Gasteiger partial charge in [-0.2, -0.15) is 0 Å². The molecule has 26 valence electrons. The van der Waals surface area contributed by atoms with Gasteiger partial charge in [0, 0.05) is 0 Å². The Labute approximate surface area is 28.2 Å². The highest BCUT2D eigenvalue weighted by Crippen LogP contribution is 1.27. The van der Waals surface area contributed by atoms with Crippen LogP contribution in [0, 0.1) is 0 Å². The molecular formula is C2HNO2. The highest BCUT2D eigenvalue weighted by molar-refractivity contribution is 5.84. The Morgan fingerprint density at radius 1 is 1.80 bits per heavy atom. The fourth-order valence-electron chi connectivity index (χ4n) is 0.0204. The first-order valence-electron chi connectivity index (χ1n) is 0.878. The number of hydrogen-bond donors (Lipinski definition) is 1. The first kappa shape index (κ1) is 3.96. The van der Waals surface area contributed by atoms with Crippen LogP contribution in [0.3, 0.4) is 0 Å². The topological polar surface area (TPSA) is 49.7 Å². The van der Waals surface area contributed by atoms with Crippen molar-refractivity contribution < 1.29 is 10.0 Å². The Bertz CT molecular complexity index is 85.8. The van der Waals surface area contributed by atoms with Crippen LogP contribution in [-0.2, 0) is 4.79 Å². The van der Waals surface area contributed by atoms with E-state index in [2.05, 4.69) is 5.16 Å². The summed E-state index contributed by atoms with van der Waals surface area (Å²) in [5.74, 6) is 2.59. The third-order valence-electron chi connectivity index (χ3n) is 0.0956. The molecule has 3 nitrogen and oxygen atoms in total. The Balaban J connectivity index is 3.75. The van der Waals surface area contributed by atoms with E-state index in [9.17, 15) is 0 Å². The van der Waals surface area contributed by atoms with E-state index >= 15 is 0 Å². The maximum atomic E-state index is 8.91. The van der Waals surface area contributed by atoms with Gasteiger partial charge in [0.2, 0.25) is 5.94 Å². The van der Waals surface area contributed by atoms with Crippen LogP contribution >= 0.6 is 0 Å². The Morgan fingerprint density at radius 3 is 2.40 bits per heavy atom. The summed E-state index contributed by atoms with van der Waals surface area (Å²) in [6, 6.07) is 0. The SMILES string of the molecule is O=C=C=NO. The molecule has 0 rings (SSSR count). The highest BCUT2D eigenvalue weighted by atomic mass is 16.4. The van der Waals surface area contributed by atoms with Gasteiger partial charge < -0.3 is 5.21 Å². The Morgan fingerprint density at radius 2 is 2.40 bits per heavy atom. The molecule has 0 spiro atoms. The van der Waals surface area contributed by atoms with E-state index in [1.54, 1.807) is 0 Å². The fraction of sp³-hybridized carbons (Fsp3) is 0. The van der Waals surface area contributed by atoms with Gasteiger partial charge in [-0.15, -0.1) is 0 Å². The molecule has 0 aromatic rings. The lowest BCUT2D eigenvalue weighted by Gasteiger charge is -1.43. The molecule has 0 aromatic heterocycles. The molecule has 0 bridgehead atoms. The zero-order chi connectivity index (χ0) is 4.12. The number of carbonyl (C=O) groups excluding carboxylic acids is 1. The van der Waals surface area contributed by atoms with Crippen molar-refractivity contribution in [3.8, 4) is 0 Å². The average molecular weight is 71.0 g/mol. The molecule has 0 heterocycles. The summed E-state index contributed by atoms with van der Waals surface area (Å²) < 4.78 is 0. The van der Waals surface area contributed by atoms with Crippen LogP contribution < -0.4 is 0 Å². The predicted molar refractivity (Wildman–Crippen MR) is 14.9 cm³/mol. The van der Waals surface area contributed by atoms with E-state index in [0.29, 0.717) is 0 Å². The van der Waals surface area contributed by atoms with Crippen LogP contribution in [0.15, 0.2) is 5.16 Å². The van der Waals surface area contributed by atoms with Gasteiger partial charge in [-0.1, -0.05) is 0 Å². The smallest absolute Gasteiger partial charge is 0.201 e. The van der Waals surface area contributed by atoms with Gasteiger partial charge in [0.25, 0.3) is 0 Å². The van der Waals surface area contributed by atoms with Crippen LogP contribution in [0.25, 0.3) is 0 Å². The summed E-state index contributed by atoms with van der Waals surface area (Å²) in [4.78, 5) is 8.91. The first-order valence-corrected chi connectivity index (χ1v) is 0.878. The van der Waals surface area contributed by atoms with E-state index < -0.39 is 0 Å². The zero-order valence-electron chi connectivity index (χ0n) is 2.30. The van der Waals surface area contributed by atoms with Crippen LogP contribution in [0.4, 0.5) is 0 Å². The van der Waals surface area contributed by atoms with Gasteiger partial charge in [-0.05, 0) is 5.16 Å². The van der Waals surface area contributed by atoms with Crippen molar-refractivity contribution in [2.24, 2.45) is 5.16 Å². The van der Waals surface area contributed by atoms with Gasteiger partial charge >= 0.3 is 0 Å². The maximum Gasteiger partial charge on any atom is 0.201 e. The van der Waals surface area contributed by atoms with Crippen molar-refractivity contribution in [1.82, 2.24) is 0 Å². The third-order valence-corrected chi connectivity index (χ3v) is 0.0956. The minimum absolute atomic E-state index is 1.10. The molecule has 0 fully saturated rings. The van der Waals surface area contributed by atoms with E-state index in [4.69, 9.17) is 10.0 Å². The lowest BCUT2D eigenvalue weighted by molar-refractivity contribution is 0.323. The Kier molecular flexibility index (Phi) is 2.34. The van der Waals surface area contributed by atoms with Crippen LogP contribution in [-0.4, -0.2) is 17.0 Å². The second-order valence-corrected chi connectivity index (χ2v) is 0.314. The second-order valence-electron chi connectivity index (χ2n) is 0.314. The minimum atomic E-state index is 1.10. The first-order chi connectivity index (χ1) is 2.41. The molecular weight excluding hydrogens is 70.0 g/mol. The number of rotatable bonds is 0. The highest BCUT2D eigenvalue weighted by Gasteiger charge is 1.35. The average Bonchev–Trinajstić information content (AvgIpc) is 1.41. The molecule has 3 heteroatoms. The normalized spacial score (nSPS) is 4.00. The van der Waals surface area contributed by atoms with Crippen molar-refractivity contribution in [2.45, 2.75) is 0 Å². The summed E-state index contributed by atoms with van der Waals surface area (Å²) >= 11 is 0. The van der Waals surface area contributed by atoms with Crippen molar-refractivity contribution in [3.63, 3.8) is 0 Å². The van der Waals surface area contributed by atoms with Crippen LogP contribution in [0.5, 0.6) is 0 Å². The third kappa shape index (κ3) is 2.96. The lowest BCUT2D eigenvalue weighted by Crippen LogP contribution is -1.48. The van der Waals surface area contributed by atoms with Gasteiger partial charge in [0.1, 0.15) is 5.87 Å². The van der Waals surface area contributed by atoms with E-state index in [0.717, 1.165) is 5.94 Å². The van der Waals surface area contributed by atoms with Gasteiger partial charge in [-0.3, -0.25) is 0 Å². The molecule has 0 aliphatic rings. The molecule has 0 radical (unpaired) electrons. The van der Waals surface area contributed by atoms with Gasteiger partial charge in [0.15, 0.2) is 0 Å². The van der Waals surface area contributed by atoms with Gasteiger partial charge in [-0.25, -0.2) is 4.79 Å². The molecule has 0 aromatic carbocycles. The fourth-order valence-corrected chi connectivity index (χ4v) is 0.0204. The summed E-state index contributed by atoms with van der Waals surface area (Å²) in [6.45, 7) is 0. The molecule has 0 saturated carbocycles. The van der Waals surface area contributed by atoms with Gasteiger partial charge in [0.05, 0.1) is 0 Å². The number of hydrogen-bond acceptors (Lipinski definition) is 3. The summed E-state index contributed by atoms with van der Waals surface area (Å²) in [5, 5.41) is 9.50. The molecule has 1 N–H and O–H groups in total. The van der Waals surface area contributed by atoms with Crippen molar-refractivity contribution in [1.29, 1.82) is 0 Å². The van der Waals surface area contributed by atoms with Crippen molar-refractivity contribution in [2.75, 3.05) is 0 Å². The van der Waals surface area contributed by atoms with E-state index in [1.807, 2.05) is 0 Å².